The number of nitrogens with two attached hydrogens (primary N) is 1. The molecule has 1 aliphatic rings. The molecule has 2 atom stereocenters. The van der Waals surface area contributed by atoms with Gasteiger partial charge in [-0.05, 0) is 99.7 Å². The van der Waals surface area contributed by atoms with Crippen LogP contribution < -0.4 is 36.5 Å². The first kappa shape index (κ1) is 47.3. The zero-order chi connectivity index (χ0) is 47.3. The first-order chi connectivity index (χ1) is 32.5. The van der Waals surface area contributed by atoms with E-state index in [1.807, 2.05) is 127 Å². The van der Waals surface area contributed by atoms with Gasteiger partial charge in [0.25, 0.3) is 0 Å². The van der Waals surface area contributed by atoms with Gasteiger partial charge in [0.05, 0.1) is 20.8 Å². The highest BCUT2D eigenvalue weighted by Crippen LogP contribution is 2.45. The second kappa shape index (κ2) is 22.0. The van der Waals surface area contributed by atoms with Crippen LogP contribution in [-0.4, -0.2) is 63.4 Å². The molecule has 67 heavy (non-hydrogen) atoms. The van der Waals surface area contributed by atoms with Gasteiger partial charge < -0.3 is 45.9 Å². The standard InChI is InChI=1S/C54H57N5O8/c1-35(2)49(59-53(63)66-34-47-45-17-10-8-15-43(45)44-16-9-11-18-46(44)47)51(61)58-48(19-12-32-56-52(55)62)50(60)57-40-26-20-36(21-27-40)33-67-54(37-13-6-5-7-14-37,38-22-28-41(64-3)29-23-38)39-24-30-42(65-4)31-25-39/h5-11,13-18,20-31,35,47-49H,12,19,32-34H2,1-4H3,(H,57,60)(H,58,61)(H,59,63)(H3,55,56,62)/t48-,49-/m0/s1. The Bertz CT molecular complexity index is 2530. The lowest BCUT2D eigenvalue weighted by atomic mass is 9.80. The Hall–Kier alpha value is -7.64. The van der Waals surface area contributed by atoms with Gasteiger partial charge in [0.2, 0.25) is 11.8 Å². The Morgan fingerprint density at radius 3 is 1.72 bits per heavy atom. The van der Waals surface area contributed by atoms with Crippen molar-refractivity contribution in [2.24, 2.45) is 11.7 Å². The van der Waals surface area contributed by atoms with Crippen LogP contribution in [0, 0.1) is 5.92 Å². The van der Waals surface area contributed by atoms with E-state index in [0.29, 0.717) is 23.6 Å². The fourth-order valence-electron chi connectivity index (χ4n) is 8.53. The smallest absolute Gasteiger partial charge is 0.407 e. The van der Waals surface area contributed by atoms with E-state index in [-0.39, 0.29) is 38.0 Å². The molecule has 0 aromatic heterocycles. The van der Waals surface area contributed by atoms with Crippen LogP contribution in [0.5, 0.6) is 11.5 Å². The molecule has 0 fully saturated rings. The Morgan fingerprint density at radius 1 is 0.642 bits per heavy atom. The SMILES string of the molecule is COc1ccc(C(OCc2ccc(NC(=O)[C@H](CCCNC(N)=O)NC(=O)[C@@H](NC(=O)OCC3c4ccccc4-c4ccccc43)C(C)C)cc2)(c2ccccc2)c2ccc(OC)cc2)cc1. The van der Waals surface area contributed by atoms with E-state index in [2.05, 4.69) is 33.4 Å². The number of hydrogen-bond acceptors (Lipinski definition) is 8. The van der Waals surface area contributed by atoms with Crippen LogP contribution in [0.4, 0.5) is 15.3 Å². The van der Waals surface area contributed by atoms with Gasteiger partial charge in [0.15, 0.2) is 0 Å². The number of rotatable bonds is 20. The van der Waals surface area contributed by atoms with Crippen LogP contribution in [0.1, 0.15) is 66.0 Å². The summed E-state index contributed by atoms with van der Waals surface area (Å²) in [6, 6.07) is 46.2. The fourth-order valence-corrected chi connectivity index (χ4v) is 8.53. The molecule has 0 heterocycles. The van der Waals surface area contributed by atoms with Crippen LogP contribution in [0.25, 0.3) is 11.1 Å². The molecule has 0 saturated carbocycles. The summed E-state index contributed by atoms with van der Waals surface area (Å²) in [5.74, 6) is -0.128. The largest absolute Gasteiger partial charge is 0.497 e. The average molecular weight is 904 g/mol. The zero-order valence-electron chi connectivity index (χ0n) is 38.1. The maximum absolute atomic E-state index is 14.0. The fraction of sp³-hybridized carbons (Fsp3) is 0.259. The number of methoxy groups -OCH3 is 2. The van der Waals surface area contributed by atoms with Crippen molar-refractivity contribution in [3.63, 3.8) is 0 Å². The lowest BCUT2D eigenvalue weighted by Crippen LogP contribution is -2.54. The normalized spacial score (nSPS) is 12.8. The van der Waals surface area contributed by atoms with Crippen molar-refractivity contribution in [2.45, 2.75) is 56.9 Å². The minimum Gasteiger partial charge on any atom is -0.497 e. The number of benzene rings is 6. The van der Waals surface area contributed by atoms with Crippen molar-refractivity contribution < 1.29 is 38.1 Å². The van der Waals surface area contributed by atoms with Gasteiger partial charge in [-0.1, -0.05) is 129 Å². The first-order valence-electron chi connectivity index (χ1n) is 22.3. The van der Waals surface area contributed by atoms with E-state index < -0.39 is 41.6 Å². The van der Waals surface area contributed by atoms with E-state index in [9.17, 15) is 19.2 Å². The topological polar surface area (TPSA) is 179 Å². The van der Waals surface area contributed by atoms with Crippen molar-refractivity contribution in [3.8, 4) is 22.6 Å². The predicted octanol–water partition coefficient (Wildman–Crippen LogP) is 8.65. The number of ether oxygens (including phenoxy) is 4. The number of fused-ring (bicyclic) bond motifs is 3. The molecule has 0 aliphatic heterocycles. The molecule has 5 amide bonds. The number of anilines is 1. The highest BCUT2D eigenvalue weighted by molar-refractivity contribution is 5.98. The molecule has 6 aromatic rings. The van der Waals surface area contributed by atoms with Gasteiger partial charge >= 0.3 is 12.1 Å². The summed E-state index contributed by atoms with van der Waals surface area (Å²) < 4.78 is 23.8. The number of hydrogen-bond donors (Lipinski definition) is 5. The molecule has 6 aromatic carbocycles. The third kappa shape index (κ3) is 11.3. The van der Waals surface area contributed by atoms with Gasteiger partial charge in [-0.3, -0.25) is 9.59 Å². The molecule has 0 bridgehead atoms. The van der Waals surface area contributed by atoms with Gasteiger partial charge in [0.1, 0.15) is 35.8 Å². The molecule has 346 valence electrons. The monoisotopic (exact) mass is 903 g/mol. The minimum absolute atomic E-state index is 0.0777. The van der Waals surface area contributed by atoms with Crippen LogP contribution in [-0.2, 0) is 31.3 Å². The summed E-state index contributed by atoms with van der Waals surface area (Å²) >= 11 is 0. The van der Waals surface area contributed by atoms with Crippen LogP contribution in [0.2, 0.25) is 0 Å². The van der Waals surface area contributed by atoms with Crippen molar-refractivity contribution in [2.75, 3.05) is 32.7 Å². The summed E-state index contributed by atoms with van der Waals surface area (Å²) in [5.41, 5.74) is 12.6. The molecule has 7 rings (SSSR count). The summed E-state index contributed by atoms with van der Waals surface area (Å²) in [4.78, 5) is 52.6. The highest BCUT2D eigenvalue weighted by atomic mass is 16.5. The highest BCUT2D eigenvalue weighted by Gasteiger charge is 2.38. The van der Waals surface area contributed by atoms with Gasteiger partial charge in [-0.25, -0.2) is 9.59 Å². The Labute approximate surface area is 391 Å². The van der Waals surface area contributed by atoms with Gasteiger partial charge in [-0.15, -0.1) is 0 Å². The summed E-state index contributed by atoms with van der Waals surface area (Å²) in [7, 11) is 3.26. The Kier molecular flexibility index (Phi) is 15.6. The van der Waals surface area contributed by atoms with Gasteiger partial charge in [-0.2, -0.15) is 0 Å². The maximum atomic E-state index is 14.0. The molecular weight excluding hydrogens is 847 g/mol. The molecule has 0 spiro atoms. The van der Waals surface area contributed by atoms with Crippen molar-refractivity contribution in [1.82, 2.24) is 16.0 Å². The second-order valence-corrected chi connectivity index (χ2v) is 16.7. The van der Waals surface area contributed by atoms with E-state index in [0.717, 1.165) is 44.5 Å². The zero-order valence-corrected chi connectivity index (χ0v) is 38.1. The quantitative estimate of drug-likeness (QED) is 0.0373. The Morgan fingerprint density at radius 2 is 1.18 bits per heavy atom. The number of nitrogens with one attached hydrogen (secondary N) is 4. The number of amides is 5. The molecule has 0 saturated heterocycles. The third-order valence-corrected chi connectivity index (χ3v) is 12.0. The third-order valence-electron chi connectivity index (χ3n) is 12.0. The van der Waals surface area contributed by atoms with E-state index >= 15 is 0 Å². The van der Waals surface area contributed by atoms with Crippen LogP contribution >= 0.6 is 0 Å². The van der Waals surface area contributed by atoms with Gasteiger partial charge in [0, 0.05) is 18.2 Å². The average Bonchev–Trinajstić information content (AvgIpc) is 3.67. The van der Waals surface area contributed by atoms with Crippen molar-refractivity contribution in [3.05, 3.63) is 185 Å². The summed E-state index contributed by atoms with van der Waals surface area (Å²) in [5, 5.41) is 11.0. The molecule has 1 aliphatic carbocycles. The summed E-state index contributed by atoms with van der Waals surface area (Å²) in [6.07, 6.45) is -0.256. The maximum Gasteiger partial charge on any atom is 0.407 e. The molecule has 0 radical (unpaired) electrons. The van der Waals surface area contributed by atoms with E-state index in [1.165, 1.54) is 0 Å². The molecule has 6 N–H and O–H groups in total. The molecule has 13 nitrogen and oxygen atoms in total. The lowest BCUT2D eigenvalue weighted by molar-refractivity contribution is -0.128. The number of urea groups is 1. The molecule has 0 unspecified atom stereocenters. The summed E-state index contributed by atoms with van der Waals surface area (Å²) in [6.45, 7) is 4.05. The lowest BCUT2D eigenvalue weighted by Gasteiger charge is -2.36. The van der Waals surface area contributed by atoms with E-state index in [4.69, 9.17) is 24.7 Å². The minimum atomic E-state index is -1.03. The number of primary amides is 1. The van der Waals surface area contributed by atoms with Crippen LogP contribution in [0.3, 0.4) is 0 Å². The Balaban J connectivity index is 1.04. The number of carbonyl (C=O) groups excluding carboxylic acids is 4. The predicted molar refractivity (Wildman–Crippen MR) is 258 cm³/mol. The molecular formula is C54H57N5O8. The first-order valence-corrected chi connectivity index (χ1v) is 22.3. The van der Waals surface area contributed by atoms with E-state index in [1.54, 1.807) is 40.2 Å². The molecule has 13 heteroatoms. The van der Waals surface area contributed by atoms with Crippen LogP contribution in [0.15, 0.2) is 152 Å². The van der Waals surface area contributed by atoms with Crippen molar-refractivity contribution in [1.29, 1.82) is 0 Å². The second-order valence-electron chi connectivity index (χ2n) is 16.7. The number of carbonyl (C=O) groups is 4. The number of alkyl carbamates (subject to hydrolysis) is 1. The van der Waals surface area contributed by atoms with Crippen molar-refractivity contribution >= 4 is 29.6 Å².